The molecular formula is C32H42N15O15P3S3. The number of rotatable bonds is 17. The first-order chi connectivity index (χ1) is 32.2. The average Bonchev–Trinajstić information content (AvgIpc) is 4.12. The lowest BCUT2D eigenvalue weighted by Gasteiger charge is -2.26. The number of fused-ring (bicyclic) bond motifs is 3. The zero-order chi connectivity index (χ0) is 48.4. The maximum Gasteiger partial charge on any atom is 0.386 e. The van der Waals surface area contributed by atoms with Gasteiger partial charge in [-0.25, -0.2) is 19.5 Å². The van der Waals surface area contributed by atoms with Gasteiger partial charge in [0.1, 0.15) is 37.0 Å². The summed E-state index contributed by atoms with van der Waals surface area (Å²) in [6.07, 6.45) is -3.40. The number of nitrogens with zero attached hydrogens (tertiary/aromatic N) is 9. The number of hydrogen-bond acceptors (Lipinski definition) is 24. The van der Waals surface area contributed by atoms with Crippen LogP contribution in [0.3, 0.4) is 0 Å². The minimum Gasteiger partial charge on any atom is -0.369 e. The molecule has 3 aliphatic rings. The van der Waals surface area contributed by atoms with Gasteiger partial charge < -0.3 is 59.3 Å². The van der Waals surface area contributed by atoms with Gasteiger partial charge in [-0.3, -0.25) is 52.1 Å². The summed E-state index contributed by atoms with van der Waals surface area (Å²) in [5.41, 5.74) is 16.1. The highest BCUT2D eigenvalue weighted by Gasteiger charge is 2.46. The maximum atomic E-state index is 14.1. The Hall–Kier alpha value is -4.11. The monoisotopic (exact) mass is 1070 g/mol. The summed E-state index contributed by atoms with van der Waals surface area (Å²) in [5, 5.41) is 0. The fraction of sp³-hybridized carbons (Fsp3) is 0.531. The predicted molar refractivity (Wildman–Crippen MR) is 247 cm³/mol. The fourth-order valence-corrected chi connectivity index (χ4v) is 11.5. The molecule has 6 aromatic heterocycles. The van der Waals surface area contributed by atoms with Crippen molar-refractivity contribution < 1.29 is 55.7 Å². The lowest BCUT2D eigenvalue weighted by molar-refractivity contribution is -0.0483. The van der Waals surface area contributed by atoms with Gasteiger partial charge in [0.15, 0.2) is 33.5 Å². The number of nitrogens with two attached hydrogens (primary N) is 3. The molecule has 0 aliphatic carbocycles. The van der Waals surface area contributed by atoms with Crippen LogP contribution < -0.4 is 33.9 Å². The first kappa shape index (κ1) is 48.9. The second-order valence-electron chi connectivity index (χ2n) is 15.7. The molecule has 0 amide bonds. The Morgan fingerprint density at radius 2 is 1.06 bits per heavy atom. The molecule has 12 atom stereocenters. The Morgan fingerprint density at radius 3 is 1.51 bits per heavy atom. The summed E-state index contributed by atoms with van der Waals surface area (Å²) < 4.78 is 71.2. The second-order valence-corrected chi connectivity index (χ2v) is 24.3. The predicted octanol–water partition coefficient (Wildman–Crippen LogP) is 0.569. The number of thiol groups is 1. The average molecular weight is 1070 g/mol. The van der Waals surface area contributed by atoms with Crippen LogP contribution in [0, 0.1) is 5.92 Å². The van der Waals surface area contributed by atoms with Crippen molar-refractivity contribution in [2.45, 2.75) is 75.4 Å². The Balaban J connectivity index is 0.909. The van der Waals surface area contributed by atoms with Gasteiger partial charge in [0, 0.05) is 20.0 Å². The zero-order valence-electron chi connectivity index (χ0n) is 35.2. The van der Waals surface area contributed by atoms with Crippen LogP contribution in [0.25, 0.3) is 33.5 Å². The van der Waals surface area contributed by atoms with Gasteiger partial charge >= 0.3 is 20.2 Å². The molecule has 11 N–H and O–H groups in total. The molecule has 3 unspecified atom stereocenters. The molecule has 0 spiro atoms. The standard InChI is InChI=1S/C32H42N15O15P3S3/c1-12-3-18(45-9-36-21-24(45)39-30(33)42-27(21)48)58-15(12)6-56-64(52,67)61-14-5-20(47-11-38-23-26(47)41-32(35)44-29(23)50)60-17(14)8-57-65(53,68)62-13-4-19(59-16(13)7-55-63(51,66)54-2)46-10-37-22-25(46)40-31(34)43-28(22)49/h9-20H,3-8H2,1-2H3,(H,51,66)(H,52,67)(H,53,68)(H3,33,39,42,48)(H3,34,40,43,49)(H3,35,41,44,50)/t12-,13-,14-,15-,16-,17-,18-,19-,20-,63?,64?,65?/m1/s1. The van der Waals surface area contributed by atoms with E-state index in [2.05, 4.69) is 57.1 Å². The van der Waals surface area contributed by atoms with Gasteiger partial charge in [-0.15, -0.1) is 0 Å². The normalized spacial score (nSPS) is 28.1. The van der Waals surface area contributed by atoms with Crippen molar-refractivity contribution in [1.82, 2.24) is 58.6 Å². The van der Waals surface area contributed by atoms with Crippen molar-refractivity contribution in [2.24, 2.45) is 5.92 Å². The van der Waals surface area contributed by atoms with E-state index in [4.69, 9.17) is 82.2 Å². The van der Waals surface area contributed by atoms with Gasteiger partial charge in [0.2, 0.25) is 17.8 Å². The van der Waals surface area contributed by atoms with Crippen molar-refractivity contribution in [3.05, 3.63) is 50.0 Å². The summed E-state index contributed by atoms with van der Waals surface area (Å²) in [6.45, 7) is -11.6. The van der Waals surface area contributed by atoms with Crippen LogP contribution in [-0.4, -0.2) is 126 Å². The maximum absolute atomic E-state index is 14.1. The van der Waals surface area contributed by atoms with Crippen LogP contribution in [0.5, 0.6) is 0 Å². The molecular weight excluding hydrogens is 1020 g/mol. The van der Waals surface area contributed by atoms with E-state index < -0.39 is 99.3 Å². The number of aromatic amines is 3. The first-order valence-electron chi connectivity index (χ1n) is 20.1. The highest BCUT2D eigenvalue weighted by Crippen LogP contribution is 2.58. The van der Waals surface area contributed by atoms with Gasteiger partial charge in [-0.1, -0.05) is 19.2 Å². The van der Waals surface area contributed by atoms with Crippen molar-refractivity contribution in [3.63, 3.8) is 0 Å². The number of nitrogen functional groups attached to an aromatic ring is 3. The molecule has 30 nitrogen and oxygen atoms in total. The molecule has 368 valence electrons. The number of aromatic nitrogens is 12. The van der Waals surface area contributed by atoms with Crippen LogP contribution in [0.1, 0.15) is 44.9 Å². The molecule has 6 aromatic rings. The minimum atomic E-state index is -4.42. The van der Waals surface area contributed by atoms with Crippen LogP contribution >= 0.6 is 32.5 Å². The first-order valence-corrected chi connectivity index (χ1v) is 28.0. The van der Waals surface area contributed by atoms with E-state index in [-0.39, 0.29) is 76.7 Å². The van der Waals surface area contributed by atoms with Gasteiger partial charge in [-0.2, -0.15) is 15.0 Å². The molecule has 3 saturated heterocycles. The molecule has 36 heteroatoms. The number of hydrogen-bond donors (Lipinski definition) is 9. The number of imidazole rings is 3. The van der Waals surface area contributed by atoms with E-state index in [9.17, 15) is 28.7 Å². The van der Waals surface area contributed by atoms with Crippen molar-refractivity contribution in [1.29, 1.82) is 0 Å². The molecule has 0 radical (unpaired) electrons. The van der Waals surface area contributed by atoms with E-state index in [0.717, 1.165) is 7.11 Å². The number of ether oxygens (including phenoxy) is 3. The van der Waals surface area contributed by atoms with Gasteiger partial charge in [-0.05, 0) is 36.0 Å². The molecule has 3 aliphatic heterocycles. The van der Waals surface area contributed by atoms with E-state index >= 15 is 0 Å². The highest BCUT2D eigenvalue weighted by atomic mass is 32.7. The summed E-state index contributed by atoms with van der Waals surface area (Å²) in [5.74, 6) is -0.618. The quantitative estimate of drug-likeness (QED) is 0.0445. The van der Waals surface area contributed by atoms with Crippen molar-refractivity contribution in [2.75, 3.05) is 44.1 Å². The summed E-state index contributed by atoms with van der Waals surface area (Å²) >= 11 is 14.7. The van der Waals surface area contributed by atoms with Crippen molar-refractivity contribution >= 4 is 107 Å². The number of nitrogens with one attached hydrogen (secondary N) is 3. The number of H-pyrrole nitrogens is 3. The summed E-state index contributed by atoms with van der Waals surface area (Å²) in [7, 11) is 1.16. The highest BCUT2D eigenvalue weighted by molar-refractivity contribution is 8.44. The lowest BCUT2D eigenvalue weighted by atomic mass is 10.0. The third kappa shape index (κ3) is 10.2. The third-order valence-corrected chi connectivity index (χ3v) is 16.1. The van der Waals surface area contributed by atoms with Gasteiger partial charge in [0.05, 0.1) is 51.0 Å². The summed E-state index contributed by atoms with van der Waals surface area (Å²) in [6, 6.07) is 0. The molecule has 68 heavy (non-hydrogen) atoms. The van der Waals surface area contributed by atoms with E-state index in [0.29, 0.717) is 6.42 Å². The molecule has 0 saturated carbocycles. The molecule has 3 fully saturated rings. The van der Waals surface area contributed by atoms with E-state index in [1.165, 1.54) is 28.1 Å². The van der Waals surface area contributed by atoms with Crippen LogP contribution in [0.15, 0.2) is 33.4 Å². The Labute approximate surface area is 395 Å². The SMILES string of the molecule is COP(O)(=S)OC[C@H]1O[C@@H](n2cnc3c(=O)[nH]c(N)nc32)C[C@H]1OP(=O)(S)OC[C@H]1O[C@@H](n2cnc3c(=O)[nH]c(N)nc32)C[C@H]1OP(O)(=S)OC[C@H]1O[C@@H](n2cnc3c(=O)[nH]c(N)nc32)C[C@H]1C. The van der Waals surface area contributed by atoms with Crippen LogP contribution in [0.4, 0.5) is 17.8 Å². The van der Waals surface area contributed by atoms with E-state index in [1.54, 1.807) is 4.57 Å². The minimum absolute atomic E-state index is 0.0352. The second kappa shape index (κ2) is 18.9. The molecule has 9 rings (SSSR count). The van der Waals surface area contributed by atoms with E-state index in [1.807, 2.05) is 6.92 Å². The largest absolute Gasteiger partial charge is 0.386 e. The fourth-order valence-electron chi connectivity index (χ4n) is 7.93. The number of anilines is 3. The summed E-state index contributed by atoms with van der Waals surface area (Å²) in [4.78, 5) is 91.4. The third-order valence-electron chi connectivity index (χ3n) is 11.2. The van der Waals surface area contributed by atoms with Crippen LogP contribution in [0.2, 0.25) is 0 Å². The smallest absolute Gasteiger partial charge is 0.369 e. The van der Waals surface area contributed by atoms with Crippen LogP contribution in [-0.2, 0) is 69.5 Å². The zero-order valence-corrected chi connectivity index (χ0v) is 40.4. The lowest BCUT2D eigenvalue weighted by Crippen LogP contribution is -2.30. The molecule has 0 aromatic carbocycles. The Kier molecular flexibility index (Phi) is 13.6. The molecule has 9 heterocycles. The Bertz CT molecular complexity index is 3220. The van der Waals surface area contributed by atoms with Gasteiger partial charge in [0.25, 0.3) is 16.7 Å². The molecule has 0 bridgehead atoms. The topological polar surface area (TPSA) is 409 Å². The Morgan fingerprint density at radius 1 is 0.676 bits per heavy atom. The van der Waals surface area contributed by atoms with Crippen molar-refractivity contribution in [3.8, 4) is 0 Å².